The molecule has 0 saturated carbocycles. The van der Waals surface area contributed by atoms with Crippen molar-refractivity contribution in [1.29, 1.82) is 0 Å². The Kier molecular flexibility index (Phi) is 6.16. The third-order valence-electron chi connectivity index (χ3n) is 4.36. The van der Waals surface area contributed by atoms with E-state index in [1.54, 1.807) is 36.4 Å². The highest BCUT2D eigenvalue weighted by Gasteiger charge is 2.36. The van der Waals surface area contributed by atoms with Crippen LogP contribution in [0.25, 0.3) is 0 Å². The van der Waals surface area contributed by atoms with Gasteiger partial charge in [-0.25, -0.2) is 0 Å². The number of para-hydroxylation sites is 2. The van der Waals surface area contributed by atoms with Crippen LogP contribution in [0.15, 0.2) is 48.5 Å². The van der Waals surface area contributed by atoms with Crippen LogP contribution in [0.1, 0.15) is 23.7 Å². The fourth-order valence-corrected chi connectivity index (χ4v) is 3.09. The molecule has 146 valence electrons. The van der Waals surface area contributed by atoms with Gasteiger partial charge in [0.2, 0.25) is 11.8 Å². The van der Waals surface area contributed by atoms with Gasteiger partial charge >= 0.3 is 0 Å². The molecule has 1 aliphatic rings. The maximum absolute atomic E-state index is 12.4. The van der Waals surface area contributed by atoms with E-state index in [1.807, 2.05) is 19.1 Å². The smallest absolute Gasteiger partial charge is 0.269 e. The molecule has 0 aliphatic carbocycles. The quantitative estimate of drug-likeness (QED) is 0.754. The van der Waals surface area contributed by atoms with Crippen molar-refractivity contribution in [3.8, 4) is 5.75 Å². The molecular formula is C20H20ClN3O4. The number of hydrazine groups is 1. The molecule has 8 heteroatoms. The van der Waals surface area contributed by atoms with Gasteiger partial charge < -0.3 is 9.64 Å². The summed E-state index contributed by atoms with van der Waals surface area (Å²) >= 11 is 5.79. The number of halogens is 1. The second kappa shape index (κ2) is 8.75. The molecule has 1 atom stereocenters. The number of hydrogen-bond acceptors (Lipinski definition) is 4. The summed E-state index contributed by atoms with van der Waals surface area (Å²) in [5.74, 6) is -1.04. The SMILES string of the molecule is CCOc1ccccc1N1CC(C(=O)NNC(=O)c2ccc(Cl)cc2)CC1=O. The molecule has 3 amide bonds. The van der Waals surface area contributed by atoms with Crippen LogP contribution in [0.5, 0.6) is 5.75 Å². The molecule has 1 fully saturated rings. The summed E-state index contributed by atoms with van der Waals surface area (Å²) in [6.07, 6.45) is 0.0586. The van der Waals surface area contributed by atoms with E-state index in [2.05, 4.69) is 10.9 Å². The van der Waals surface area contributed by atoms with E-state index in [0.29, 0.717) is 28.6 Å². The van der Waals surface area contributed by atoms with E-state index in [9.17, 15) is 14.4 Å². The summed E-state index contributed by atoms with van der Waals surface area (Å²) < 4.78 is 5.57. The number of anilines is 1. The van der Waals surface area contributed by atoms with Gasteiger partial charge in [0.25, 0.3) is 5.91 Å². The van der Waals surface area contributed by atoms with Crippen molar-refractivity contribution < 1.29 is 19.1 Å². The minimum Gasteiger partial charge on any atom is -0.492 e. The number of rotatable bonds is 5. The molecule has 0 bridgehead atoms. The van der Waals surface area contributed by atoms with Gasteiger partial charge in [-0.3, -0.25) is 25.2 Å². The Morgan fingerprint density at radius 3 is 2.57 bits per heavy atom. The highest BCUT2D eigenvalue weighted by atomic mass is 35.5. The number of carbonyl (C=O) groups is 3. The first-order valence-electron chi connectivity index (χ1n) is 8.87. The molecule has 1 aliphatic heterocycles. The average molecular weight is 402 g/mol. The Morgan fingerprint density at radius 1 is 1.14 bits per heavy atom. The van der Waals surface area contributed by atoms with Crippen LogP contribution < -0.4 is 20.5 Å². The molecule has 0 radical (unpaired) electrons. The van der Waals surface area contributed by atoms with Gasteiger partial charge in [-0.05, 0) is 43.3 Å². The normalized spacial score (nSPS) is 16.0. The predicted octanol–water partition coefficient (Wildman–Crippen LogP) is 2.55. The largest absolute Gasteiger partial charge is 0.492 e. The lowest BCUT2D eigenvalue weighted by atomic mass is 10.1. The zero-order valence-electron chi connectivity index (χ0n) is 15.3. The summed E-state index contributed by atoms with van der Waals surface area (Å²) in [5, 5.41) is 0.512. The predicted molar refractivity (Wildman–Crippen MR) is 105 cm³/mol. The fourth-order valence-electron chi connectivity index (χ4n) is 2.97. The standard InChI is InChI=1S/C20H20ClN3O4/c1-2-28-17-6-4-3-5-16(17)24-12-14(11-18(24)25)20(27)23-22-19(26)13-7-9-15(21)10-8-13/h3-10,14H,2,11-12H2,1H3,(H,22,26)(H,23,27). The molecule has 0 aromatic heterocycles. The first kappa shape index (κ1) is 19.7. The van der Waals surface area contributed by atoms with E-state index < -0.39 is 17.7 Å². The lowest BCUT2D eigenvalue weighted by molar-refractivity contribution is -0.126. The summed E-state index contributed by atoms with van der Waals surface area (Å²) in [7, 11) is 0. The van der Waals surface area contributed by atoms with Crippen molar-refractivity contribution in [2.24, 2.45) is 5.92 Å². The Labute approximate surface area is 167 Å². The number of hydrogen-bond donors (Lipinski definition) is 2. The number of carbonyl (C=O) groups excluding carboxylic acids is 3. The molecular weight excluding hydrogens is 382 g/mol. The summed E-state index contributed by atoms with van der Waals surface area (Å²) in [4.78, 5) is 38.5. The zero-order valence-corrected chi connectivity index (χ0v) is 16.0. The lowest BCUT2D eigenvalue weighted by Gasteiger charge is -2.20. The van der Waals surface area contributed by atoms with Crippen molar-refractivity contribution in [1.82, 2.24) is 10.9 Å². The summed E-state index contributed by atoms with van der Waals surface area (Å²) in [5.41, 5.74) is 5.74. The number of amides is 3. The van der Waals surface area contributed by atoms with Crippen molar-refractivity contribution in [2.45, 2.75) is 13.3 Å². The van der Waals surface area contributed by atoms with Crippen LogP contribution in [0.4, 0.5) is 5.69 Å². The Morgan fingerprint density at radius 2 is 1.86 bits per heavy atom. The number of nitrogens with one attached hydrogen (secondary N) is 2. The van der Waals surface area contributed by atoms with Crippen LogP contribution in [0.2, 0.25) is 5.02 Å². The van der Waals surface area contributed by atoms with Crippen LogP contribution >= 0.6 is 11.6 Å². The summed E-state index contributed by atoms with van der Waals surface area (Å²) in [6.45, 7) is 2.55. The third-order valence-corrected chi connectivity index (χ3v) is 4.61. The van der Waals surface area contributed by atoms with Crippen LogP contribution in [0, 0.1) is 5.92 Å². The van der Waals surface area contributed by atoms with Crippen molar-refractivity contribution in [3.05, 3.63) is 59.1 Å². The molecule has 28 heavy (non-hydrogen) atoms. The minimum absolute atomic E-state index is 0.0586. The van der Waals surface area contributed by atoms with Crippen LogP contribution in [-0.2, 0) is 9.59 Å². The van der Waals surface area contributed by atoms with Crippen LogP contribution in [-0.4, -0.2) is 30.9 Å². The number of ether oxygens (including phenoxy) is 1. The highest BCUT2D eigenvalue weighted by molar-refractivity contribution is 6.30. The maximum atomic E-state index is 12.4. The molecule has 2 aromatic carbocycles. The van der Waals surface area contributed by atoms with E-state index in [0.717, 1.165) is 0 Å². The topological polar surface area (TPSA) is 87.7 Å². The minimum atomic E-state index is -0.576. The van der Waals surface area contributed by atoms with E-state index in [4.69, 9.17) is 16.3 Å². The molecule has 2 aromatic rings. The van der Waals surface area contributed by atoms with Gasteiger partial charge in [0.15, 0.2) is 0 Å². The average Bonchev–Trinajstić information content (AvgIpc) is 3.09. The van der Waals surface area contributed by atoms with Gasteiger partial charge in [0, 0.05) is 23.6 Å². The zero-order chi connectivity index (χ0) is 20.1. The Balaban J connectivity index is 1.61. The molecule has 1 unspecified atom stereocenters. The van der Waals surface area contributed by atoms with Crippen LogP contribution in [0.3, 0.4) is 0 Å². The second-order valence-electron chi connectivity index (χ2n) is 6.26. The first-order valence-corrected chi connectivity index (χ1v) is 9.25. The van der Waals surface area contributed by atoms with Gasteiger partial charge in [0.05, 0.1) is 18.2 Å². The molecule has 3 rings (SSSR count). The number of benzene rings is 2. The summed E-state index contributed by atoms with van der Waals surface area (Å²) in [6, 6.07) is 13.5. The molecule has 0 spiro atoms. The fraction of sp³-hybridized carbons (Fsp3) is 0.250. The first-order chi connectivity index (χ1) is 13.5. The lowest BCUT2D eigenvalue weighted by Crippen LogP contribution is -2.45. The molecule has 7 nitrogen and oxygen atoms in total. The maximum Gasteiger partial charge on any atom is 0.269 e. The molecule has 1 heterocycles. The third kappa shape index (κ3) is 4.43. The van der Waals surface area contributed by atoms with Gasteiger partial charge in [0.1, 0.15) is 5.75 Å². The van der Waals surface area contributed by atoms with Crippen molar-refractivity contribution in [2.75, 3.05) is 18.1 Å². The van der Waals surface area contributed by atoms with Crippen molar-refractivity contribution >= 4 is 35.0 Å². The van der Waals surface area contributed by atoms with Gasteiger partial charge in [-0.2, -0.15) is 0 Å². The number of nitrogens with zero attached hydrogens (tertiary/aromatic N) is 1. The van der Waals surface area contributed by atoms with Gasteiger partial charge in [-0.1, -0.05) is 23.7 Å². The monoisotopic (exact) mass is 401 g/mol. The Bertz CT molecular complexity index is 885. The van der Waals surface area contributed by atoms with E-state index >= 15 is 0 Å². The Hall–Kier alpha value is -3.06. The van der Waals surface area contributed by atoms with Gasteiger partial charge in [-0.15, -0.1) is 0 Å². The van der Waals surface area contributed by atoms with E-state index in [-0.39, 0.29) is 18.9 Å². The highest BCUT2D eigenvalue weighted by Crippen LogP contribution is 2.33. The molecule has 1 saturated heterocycles. The second-order valence-corrected chi connectivity index (χ2v) is 6.69. The molecule has 2 N–H and O–H groups in total. The van der Waals surface area contributed by atoms with E-state index in [1.165, 1.54) is 4.90 Å². The van der Waals surface area contributed by atoms with Crippen molar-refractivity contribution in [3.63, 3.8) is 0 Å².